The molecule has 0 radical (unpaired) electrons. The number of aliphatic carboxylic acids is 1. The molecule has 0 aliphatic heterocycles. The number of hydrogen-bond donors (Lipinski definition) is 3. The van der Waals surface area contributed by atoms with Crippen molar-refractivity contribution in [1.29, 1.82) is 0 Å². The van der Waals surface area contributed by atoms with E-state index in [1.807, 2.05) is 0 Å². The Bertz CT molecular complexity index is 360. The van der Waals surface area contributed by atoms with Gasteiger partial charge >= 0.3 is 63.4 Å². The predicted octanol–water partition coefficient (Wildman–Crippen LogP) is -1.20. The molecule has 22 heavy (non-hydrogen) atoms. The Labute approximate surface area is 176 Å². The summed E-state index contributed by atoms with van der Waals surface area (Å²) in [6, 6.07) is -0.403. The number of carbonyl (C=O) groups is 3. The summed E-state index contributed by atoms with van der Waals surface area (Å²) in [5, 5.41) is 10.6. The van der Waals surface area contributed by atoms with E-state index in [1.54, 1.807) is 34.6 Å². The van der Waals surface area contributed by atoms with Gasteiger partial charge in [-0.15, -0.1) is 0 Å². The Kier molecular flexibility index (Phi) is 16.4. The molecule has 2 atom stereocenters. The van der Waals surface area contributed by atoms with Gasteiger partial charge in [0, 0.05) is 18.5 Å². The van der Waals surface area contributed by atoms with Crippen LogP contribution >= 0.6 is 0 Å². The minimum Gasteiger partial charge on any atom is -1.00 e. The first-order chi connectivity index (χ1) is 9.33. The molecule has 0 aliphatic rings. The van der Waals surface area contributed by atoms with Gasteiger partial charge in [0.2, 0.25) is 0 Å². The Morgan fingerprint density at radius 1 is 1.23 bits per heavy atom. The number of carbonyl (C=O) groups excluding carboxylic acids is 2. The second-order valence-electron chi connectivity index (χ2n) is 6.03. The first-order valence-corrected chi connectivity index (χ1v) is 6.79. The van der Waals surface area contributed by atoms with Crippen molar-refractivity contribution in [2.45, 2.75) is 72.1 Å². The first-order valence-electron chi connectivity index (χ1n) is 6.79. The summed E-state index contributed by atoms with van der Waals surface area (Å²) in [5.41, 5.74) is 4.61. The van der Waals surface area contributed by atoms with E-state index in [1.165, 1.54) is 6.92 Å². The molecule has 7 nitrogen and oxygen atoms in total. The summed E-state index contributed by atoms with van der Waals surface area (Å²) in [6.45, 7) is 10.3. The SMILES string of the molecule is CC(=O)C[C@H](C)NC(=O)OC(C)(C)C.C[C@H](N)CC(=O)O.[H-].[K+]. The molecule has 4 N–H and O–H groups in total. The third-order valence-corrected chi connectivity index (χ3v) is 1.85. The molecule has 0 rings (SSSR count). The van der Waals surface area contributed by atoms with Gasteiger partial charge in [0.15, 0.2) is 0 Å². The summed E-state index contributed by atoms with van der Waals surface area (Å²) in [5.74, 6) is -0.788. The number of ketones is 1. The fourth-order valence-electron chi connectivity index (χ4n) is 1.27. The zero-order valence-corrected chi connectivity index (χ0v) is 17.8. The van der Waals surface area contributed by atoms with Gasteiger partial charge < -0.3 is 22.3 Å². The number of alkyl carbamates (subject to hydrolysis) is 1. The molecule has 0 heterocycles. The maximum Gasteiger partial charge on any atom is 1.00 e. The fraction of sp³-hybridized carbons (Fsp3) is 0.786. The van der Waals surface area contributed by atoms with Crippen LogP contribution in [-0.4, -0.2) is 40.6 Å². The van der Waals surface area contributed by atoms with Gasteiger partial charge in [-0.05, 0) is 41.5 Å². The monoisotopic (exact) mass is 344 g/mol. The van der Waals surface area contributed by atoms with Crippen LogP contribution in [0, 0.1) is 0 Å². The Morgan fingerprint density at radius 2 is 1.68 bits per heavy atom. The van der Waals surface area contributed by atoms with Gasteiger partial charge in [-0.3, -0.25) is 9.59 Å². The van der Waals surface area contributed by atoms with Crippen LogP contribution in [0.2, 0.25) is 0 Å². The number of ether oxygens (including phenoxy) is 1. The number of rotatable bonds is 5. The van der Waals surface area contributed by atoms with Crippen LogP contribution in [-0.2, 0) is 14.3 Å². The normalized spacial score (nSPS) is 12.7. The van der Waals surface area contributed by atoms with Crippen molar-refractivity contribution in [2.24, 2.45) is 5.73 Å². The summed E-state index contributed by atoms with van der Waals surface area (Å²) >= 11 is 0. The van der Waals surface area contributed by atoms with E-state index in [9.17, 15) is 14.4 Å². The standard InChI is InChI=1S/C10H19NO3.C4H9NO2.K.H/c1-7(6-8(2)12)11-9(13)14-10(3,4)5;1-3(5)2-4(6)7;;/h7H,6H2,1-5H3,(H,11,13);3H,2,5H2,1H3,(H,6,7);;/q;;+1;-1/t7-;3-;;/m00../s1. The van der Waals surface area contributed by atoms with E-state index in [-0.39, 0.29) is 77.1 Å². The third-order valence-electron chi connectivity index (χ3n) is 1.85. The van der Waals surface area contributed by atoms with Crippen molar-refractivity contribution >= 4 is 17.8 Å². The first kappa shape index (κ1) is 26.9. The zero-order chi connectivity index (χ0) is 17.2. The van der Waals surface area contributed by atoms with Crippen molar-refractivity contribution in [1.82, 2.24) is 5.32 Å². The molecular formula is C14H29KN2O5. The molecule has 1 amide bonds. The molecule has 0 spiro atoms. The van der Waals surface area contributed by atoms with Crippen molar-refractivity contribution in [3.63, 3.8) is 0 Å². The van der Waals surface area contributed by atoms with E-state index in [4.69, 9.17) is 15.6 Å². The molecule has 0 aliphatic carbocycles. The van der Waals surface area contributed by atoms with E-state index in [2.05, 4.69) is 5.32 Å². The van der Waals surface area contributed by atoms with Gasteiger partial charge in [-0.1, -0.05) is 0 Å². The number of carboxylic acid groups (broad SMARTS) is 1. The molecule has 0 fully saturated rings. The number of carboxylic acids is 1. The van der Waals surface area contributed by atoms with E-state index in [0.717, 1.165) is 0 Å². The molecule has 0 saturated carbocycles. The van der Waals surface area contributed by atoms with Crippen molar-refractivity contribution in [3.05, 3.63) is 0 Å². The smallest absolute Gasteiger partial charge is 1.00 e. The van der Waals surface area contributed by atoms with Crippen LogP contribution in [0.25, 0.3) is 0 Å². The van der Waals surface area contributed by atoms with Crippen LogP contribution in [0.3, 0.4) is 0 Å². The quantitative estimate of drug-likeness (QED) is 0.539. The van der Waals surface area contributed by atoms with Gasteiger partial charge in [0.05, 0.1) is 6.42 Å². The topological polar surface area (TPSA) is 119 Å². The Hall–Kier alpha value is 0.00636. The van der Waals surface area contributed by atoms with Crippen molar-refractivity contribution in [3.8, 4) is 0 Å². The van der Waals surface area contributed by atoms with Gasteiger partial charge in [0.25, 0.3) is 0 Å². The predicted molar refractivity (Wildman–Crippen MR) is 81.1 cm³/mol. The fourth-order valence-corrected chi connectivity index (χ4v) is 1.27. The number of nitrogens with one attached hydrogen (secondary N) is 1. The summed E-state index contributed by atoms with van der Waals surface area (Å²) < 4.78 is 5.03. The molecule has 0 aromatic rings. The molecule has 0 bridgehead atoms. The van der Waals surface area contributed by atoms with E-state index < -0.39 is 17.7 Å². The zero-order valence-electron chi connectivity index (χ0n) is 15.7. The average molecular weight is 344 g/mol. The molecular weight excluding hydrogens is 315 g/mol. The minimum atomic E-state index is -0.838. The number of hydrogen-bond acceptors (Lipinski definition) is 5. The summed E-state index contributed by atoms with van der Waals surface area (Å²) in [4.78, 5) is 31.7. The third kappa shape index (κ3) is 25.0. The minimum absolute atomic E-state index is 0. The average Bonchev–Trinajstić information content (AvgIpc) is 2.09. The summed E-state index contributed by atoms with van der Waals surface area (Å²) in [7, 11) is 0. The number of nitrogens with two attached hydrogens (primary N) is 1. The van der Waals surface area contributed by atoms with Crippen LogP contribution < -0.4 is 62.4 Å². The molecule has 0 unspecified atom stereocenters. The van der Waals surface area contributed by atoms with Crippen LogP contribution in [0.5, 0.6) is 0 Å². The molecule has 126 valence electrons. The number of Topliss-reactive ketones (excluding diaryl/α,β-unsaturated/α-hetero) is 1. The van der Waals surface area contributed by atoms with Crippen LogP contribution in [0.4, 0.5) is 4.79 Å². The van der Waals surface area contributed by atoms with Gasteiger partial charge in [0.1, 0.15) is 11.4 Å². The van der Waals surface area contributed by atoms with Crippen LogP contribution in [0.1, 0.15) is 55.8 Å². The Balaban J connectivity index is -0.000000173. The number of amides is 1. The van der Waals surface area contributed by atoms with Crippen LogP contribution in [0.15, 0.2) is 0 Å². The van der Waals surface area contributed by atoms with E-state index in [0.29, 0.717) is 6.42 Å². The van der Waals surface area contributed by atoms with Gasteiger partial charge in [-0.25, -0.2) is 4.79 Å². The van der Waals surface area contributed by atoms with E-state index >= 15 is 0 Å². The molecule has 8 heteroatoms. The summed E-state index contributed by atoms with van der Waals surface area (Å²) in [6.07, 6.45) is -0.0922. The van der Waals surface area contributed by atoms with Crippen molar-refractivity contribution < 1.29 is 77.0 Å². The second-order valence-corrected chi connectivity index (χ2v) is 6.03. The maximum atomic E-state index is 11.2. The largest absolute Gasteiger partial charge is 1.00 e. The Morgan fingerprint density at radius 3 is 1.91 bits per heavy atom. The molecule has 0 aromatic heterocycles. The second kappa shape index (κ2) is 13.4. The van der Waals surface area contributed by atoms with Gasteiger partial charge in [-0.2, -0.15) is 0 Å². The molecule has 0 aromatic carbocycles. The molecule has 0 saturated heterocycles. The maximum absolute atomic E-state index is 11.2. The van der Waals surface area contributed by atoms with Crippen molar-refractivity contribution in [2.75, 3.05) is 0 Å².